The lowest BCUT2D eigenvalue weighted by Gasteiger charge is -2.14. The van der Waals surface area contributed by atoms with Crippen LogP contribution in [0.2, 0.25) is 0 Å². The van der Waals surface area contributed by atoms with Gasteiger partial charge in [-0.05, 0) is 36.1 Å². The van der Waals surface area contributed by atoms with Crippen LogP contribution < -0.4 is 0 Å². The van der Waals surface area contributed by atoms with Crippen LogP contribution in [-0.4, -0.2) is 16.1 Å². The third-order valence-electron chi connectivity index (χ3n) is 3.02. The van der Waals surface area contributed by atoms with Gasteiger partial charge in [-0.15, -0.1) is 0 Å². The van der Waals surface area contributed by atoms with Gasteiger partial charge >= 0.3 is 5.97 Å². The van der Waals surface area contributed by atoms with Crippen molar-refractivity contribution in [2.24, 2.45) is 0 Å². The monoisotopic (exact) mass is 319 g/mol. The summed E-state index contributed by atoms with van der Waals surface area (Å²) >= 11 is 3.42. The zero-order valence-corrected chi connectivity index (χ0v) is 11.9. The van der Waals surface area contributed by atoms with Gasteiger partial charge in [0.05, 0.1) is 5.92 Å². The molecule has 1 aromatic heterocycles. The van der Waals surface area contributed by atoms with Crippen LogP contribution in [0.25, 0.3) is 0 Å². The van der Waals surface area contributed by atoms with Crippen molar-refractivity contribution in [2.45, 2.75) is 18.8 Å². The first kappa shape index (κ1) is 13.7. The number of halogens is 1. The number of nitrogens with zero attached hydrogens (tertiary/aromatic N) is 1. The lowest BCUT2D eigenvalue weighted by Crippen LogP contribution is -2.13. The predicted octanol–water partition coefficient (Wildman–Crippen LogP) is 3.65. The maximum atomic E-state index is 11.4. The Morgan fingerprint density at radius 2 is 2.05 bits per heavy atom. The summed E-state index contributed by atoms with van der Waals surface area (Å²) in [6, 6.07) is 11.3. The average molecular weight is 320 g/mol. The zero-order valence-electron chi connectivity index (χ0n) is 10.3. The number of hydrogen-bond acceptors (Lipinski definition) is 2. The molecular weight excluding hydrogens is 306 g/mol. The number of rotatable bonds is 5. The van der Waals surface area contributed by atoms with Crippen LogP contribution in [0.4, 0.5) is 0 Å². The van der Waals surface area contributed by atoms with Crippen molar-refractivity contribution < 1.29 is 9.90 Å². The smallest absolute Gasteiger partial charge is 0.311 e. The van der Waals surface area contributed by atoms with Crippen LogP contribution in [-0.2, 0) is 11.2 Å². The number of aliphatic carboxylic acids is 1. The van der Waals surface area contributed by atoms with Crippen molar-refractivity contribution >= 4 is 21.9 Å². The van der Waals surface area contributed by atoms with Gasteiger partial charge in [0.2, 0.25) is 0 Å². The minimum atomic E-state index is -0.796. The molecule has 0 aliphatic carbocycles. The van der Waals surface area contributed by atoms with Crippen molar-refractivity contribution in [1.29, 1.82) is 0 Å². The molecule has 0 fully saturated rings. The molecule has 0 radical (unpaired) electrons. The molecule has 0 aliphatic rings. The van der Waals surface area contributed by atoms with Gasteiger partial charge in [-0.25, -0.2) is 0 Å². The fraction of sp³-hybridized carbons (Fsp3) is 0.200. The van der Waals surface area contributed by atoms with E-state index in [-0.39, 0.29) is 0 Å². The summed E-state index contributed by atoms with van der Waals surface area (Å²) in [4.78, 5) is 15.5. The van der Waals surface area contributed by atoms with Gasteiger partial charge in [0, 0.05) is 16.9 Å². The van der Waals surface area contributed by atoms with Crippen molar-refractivity contribution in [3.63, 3.8) is 0 Å². The Hall–Kier alpha value is -1.68. The molecule has 0 amide bonds. The highest BCUT2D eigenvalue weighted by Crippen LogP contribution is 2.28. The maximum Gasteiger partial charge on any atom is 0.311 e. The highest BCUT2D eigenvalue weighted by atomic mass is 79.9. The Morgan fingerprint density at radius 1 is 1.26 bits per heavy atom. The second kappa shape index (κ2) is 6.48. The molecule has 19 heavy (non-hydrogen) atoms. The van der Waals surface area contributed by atoms with E-state index >= 15 is 0 Å². The van der Waals surface area contributed by atoms with E-state index in [2.05, 4.69) is 20.9 Å². The maximum absolute atomic E-state index is 11.4. The minimum Gasteiger partial charge on any atom is -0.481 e. The third-order valence-corrected chi connectivity index (χ3v) is 3.75. The summed E-state index contributed by atoms with van der Waals surface area (Å²) in [5.74, 6) is -1.30. The summed E-state index contributed by atoms with van der Waals surface area (Å²) in [7, 11) is 0. The number of carboxylic acid groups (broad SMARTS) is 1. The van der Waals surface area contributed by atoms with Crippen LogP contribution in [0.1, 0.15) is 23.5 Å². The van der Waals surface area contributed by atoms with Crippen LogP contribution in [0.15, 0.2) is 53.3 Å². The van der Waals surface area contributed by atoms with E-state index in [1.807, 2.05) is 36.4 Å². The average Bonchev–Trinajstić information content (AvgIpc) is 2.42. The first-order valence-electron chi connectivity index (χ1n) is 6.04. The van der Waals surface area contributed by atoms with Crippen molar-refractivity contribution in [2.75, 3.05) is 0 Å². The van der Waals surface area contributed by atoms with Gasteiger partial charge in [0.1, 0.15) is 0 Å². The molecule has 1 heterocycles. The van der Waals surface area contributed by atoms with E-state index < -0.39 is 11.9 Å². The molecule has 0 bridgehead atoms. The summed E-state index contributed by atoms with van der Waals surface area (Å²) in [6.45, 7) is 0. The van der Waals surface area contributed by atoms with Crippen molar-refractivity contribution in [3.8, 4) is 0 Å². The Morgan fingerprint density at radius 3 is 2.68 bits per heavy atom. The van der Waals surface area contributed by atoms with E-state index in [0.29, 0.717) is 12.8 Å². The molecule has 1 N–H and O–H groups in total. The molecule has 1 unspecified atom stereocenters. The van der Waals surface area contributed by atoms with Crippen molar-refractivity contribution in [1.82, 2.24) is 4.98 Å². The fourth-order valence-corrected chi connectivity index (χ4v) is 2.59. The molecule has 3 nitrogen and oxygen atoms in total. The number of carboxylic acids is 1. The molecule has 0 aliphatic heterocycles. The third kappa shape index (κ3) is 3.64. The summed E-state index contributed by atoms with van der Waals surface area (Å²) < 4.78 is 0.841. The summed E-state index contributed by atoms with van der Waals surface area (Å²) in [6.07, 6.45) is 4.75. The topological polar surface area (TPSA) is 50.2 Å². The number of hydrogen-bond donors (Lipinski definition) is 1. The Labute approximate surface area is 120 Å². The quantitative estimate of drug-likeness (QED) is 0.915. The van der Waals surface area contributed by atoms with Gasteiger partial charge in [0.25, 0.3) is 0 Å². The lowest BCUT2D eigenvalue weighted by molar-refractivity contribution is -0.139. The summed E-state index contributed by atoms with van der Waals surface area (Å²) in [5.41, 5.74) is 1.87. The molecule has 0 spiro atoms. The molecule has 4 heteroatoms. The van der Waals surface area contributed by atoms with Gasteiger partial charge < -0.3 is 5.11 Å². The molecular formula is C15H14BrNO2. The van der Waals surface area contributed by atoms with E-state index in [0.717, 1.165) is 15.6 Å². The van der Waals surface area contributed by atoms with E-state index in [1.54, 1.807) is 12.4 Å². The fourth-order valence-electron chi connectivity index (χ4n) is 2.03. The largest absolute Gasteiger partial charge is 0.481 e. The van der Waals surface area contributed by atoms with Gasteiger partial charge in [-0.3, -0.25) is 9.78 Å². The molecule has 2 rings (SSSR count). The SMILES string of the molecule is O=C(O)C(CCc1cccnc1)c1ccccc1Br. The van der Waals surface area contributed by atoms with E-state index in [1.165, 1.54) is 0 Å². The number of benzene rings is 1. The number of aromatic nitrogens is 1. The minimum absolute atomic E-state index is 0.504. The van der Waals surface area contributed by atoms with Crippen LogP contribution in [0, 0.1) is 0 Å². The van der Waals surface area contributed by atoms with Crippen LogP contribution >= 0.6 is 15.9 Å². The summed E-state index contributed by atoms with van der Waals surface area (Å²) in [5, 5.41) is 9.39. The predicted molar refractivity (Wildman–Crippen MR) is 77.1 cm³/mol. The first-order chi connectivity index (χ1) is 9.18. The standard InChI is InChI=1S/C15H14BrNO2/c16-14-6-2-1-5-12(14)13(15(18)19)8-7-11-4-3-9-17-10-11/h1-6,9-10,13H,7-8H2,(H,18,19). The number of carbonyl (C=O) groups is 1. The van der Waals surface area contributed by atoms with Crippen LogP contribution in [0.3, 0.4) is 0 Å². The van der Waals surface area contributed by atoms with Gasteiger partial charge in [-0.2, -0.15) is 0 Å². The van der Waals surface area contributed by atoms with E-state index in [9.17, 15) is 9.90 Å². The Kier molecular flexibility index (Phi) is 4.68. The van der Waals surface area contributed by atoms with E-state index in [4.69, 9.17) is 0 Å². The van der Waals surface area contributed by atoms with Crippen molar-refractivity contribution in [3.05, 3.63) is 64.4 Å². The molecule has 1 aromatic carbocycles. The second-order valence-electron chi connectivity index (χ2n) is 4.31. The van der Waals surface area contributed by atoms with Gasteiger partial charge in [0.15, 0.2) is 0 Å². The Bertz CT molecular complexity index is 557. The lowest BCUT2D eigenvalue weighted by atomic mass is 9.93. The van der Waals surface area contributed by atoms with Crippen LogP contribution in [0.5, 0.6) is 0 Å². The normalized spacial score (nSPS) is 12.1. The zero-order chi connectivity index (χ0) is 13.7. The Balaban J connectivity index is 2.14. The molecule has 1 atom stereocenters. The first-order valence-corrected chi connectivity index (χ1v) is 6.84. The molecule has 0 saturated heterocycles. The molecule has 2 aromatic rings. The second-order valence-corrected chi connectivity index (χ2v) is 5.17. The highest BCUT2D eigenvalue weighted by Gasteiger charge is 2.21. The van der Waals surface area contributed by atoms with Gasteiger partial charge in [-0.1, -0.05) is 40.2 Å². The molecule has 98 valence electrons. The number of aryl methyl sites for hydroxylation is 1. The number of pyridine rings is 1. The molecule has 0 saturated carbocycles. The highest BCUT2D eigenvalue weighted by molar-refractivity contribution is 9.10.